The molecule has 2 rings (SSSR count). The van der Waals surface area contributed by atoms with Crippen LogP contribution in [-0.4, -0.2) is 48.8 Å². The van der Waals surface area contributed by atoms with E-state index in [2.05, 4.69) is 9.97 Å². The molecule has 0 aliphatic rings. The molecule has 0 aliphatic heterocycles. The van der Waals surface area contributed by atoms with Crippen molar-refractivity contribution in [2.45, 2.75) is 53.3 Å². The van der Waals surface area contributed by atoms with Gasteiger partial charge in [0.1, 0.15) is 5.60 Å². The van der Waals surface area contributed by atoms with E-state index in [4.69, 9.17) is 4.74 Å². The number of aromatic amines is 2. The van der Waals surface area contributed by atoms with Crippen LogP contribution in [-0.2, 0) is 17.8 Å². The van der Waals surface area contributed by atoms with Crippen molar-refractivity contribution in [3.05, 3.63) is 65.2 Å². The molecule has 0 spiro atoms. The molecule has 0 saturated heterocycles. The predicted octanol–water partition coefficient (Wildman–Crippen LogP) is -0.0593. The van der Waals surface area contributed by atoms with E-state index in [1.165, 1.54) is 26.4 Å². The number of ether oxygens (including phenoxy) is 1. The molecular weight excluding hydrogens is 394 g/mol. The van der Waals surface area contributed by atoms with Gasteiger partial charge >= 0.3 is 17.5 Å². The van der Waals surface area contributed by atoms with Crippen molar-refractivity contribution in [2.24, 2.45) is 0 Å². The Bertz CT molecular complexity index is 1070. The van der Waals surface area contributed by atoms with Gasteiger partial charge in [-0.25, -0.2) is 14.4 Å². The highest BCUT2D eigenvalue weighted by atomic mass is 16.6. The summed E-state index contributed by atoms with van der Waals surface area (Å²) < 4.78 is 8.01. The Hall–Kier alpha value is -3.37. The summed E-state index contributed by atoms with van der Waals surface area (Å²) in [4.78, 5) is 65.5. The Kier molecular flexibility index (Phi) is 6.85. The summed E-state index contributed by atoms with van der Waals surface area (Å²) in [6, 6.07) is 0. The zero-order valence-corrected chi connectivity index (χ0v) is 17.8. The third-order valence-electron chi connectivity index (χ3n) is 4.25. The van der Waals surface area contributed by atoms with Gasteiger partial charge in [0.25, 0.3) is 11.1 Å². The molecule has 11 heteroatoms. The maximum atomic E-state index is 12.6. The molecule has 1 amide bonds. The first-order valence-corrected chi connectivity index (χ1v) is 9.46. The van der Waals surface area contributed by atoms with E-state index in [1.807, 2.05) is 0 Å². The fourth-order valence-corrected chi connectivity index (χ4v) is 2.65. The number of nitrogens with zero attached hydrogens (tertiary/aromatic N) is 3. The molecular formula is C19H27N5O6. The molecule has 0 saturated carbocycles. The largest absolute Gasteiger partial charge is 0.444 e. The minimum absolute atomic E-state index is 0.109. The van der Waals surface area contributed by atoms with Crippen molar-refractivity contribution in [1.29, 1.82) is 0 Å². The van der Waals surface area contributed by atoms with Crippen LogP contribution in [0.15, 0.2) is 31.6 Å². The molecule has 30 heavy (non-hydrogen) atoms. The van der Waals surface area contributed by atoms with Crippen molar-refractivity contribution in [2.75, 3.05) is 13.1 Å². The van der Waals surface area contributed by atoms with Gasteiger partial charge in [-0.1, -0.05) is 0 Å². The number of nitrogens with one attached hydrogen (secondary N) is 2. The molecule has 0 aromatic carbocycles. The van der Waals surface area contributed by atoms with Crippen LogP contribution in [0.25, 0.3) is 0 Å². The number of hydrogen-bond acceptors (Lipinski definition) is 6. The maximum absolute atomic E-state index is 12.6. The zero-order chi connectivity index (χ0) is 22.6. The van der Waals surface area contributed by atoms with Crippen LogP contribution < -0.4 is 22.5 Å². The SMILES string of the molecule is Cc1cn(CCN(CCn2cc(C)c(=O)[nH]c2=O)C(=O)OC(C)(C)C)c(=O)[nH]c1=O. The lowest BCUT2D eigenvalue weighted by molar-refractivity contribution is 0.0236. The van der Waals surface area contributed by atoms with E-state index in [1.54, 1.807) is 34.6 Å². The number of carbonyl (C=O) groups is 1. The molecule has 0 unspecified atom stereocenters. The summed E-state index contributed by atoms with van der Waals surface area (Å²) in [5, 5.41) is 0. The van der Waals surface area contributed by atoms with E-state index in [0.717, 1.165) is 0 Å². The third kappa shape index (κ3) is 6.06. The molecule has 0 aliphatic carbocycles. The topological polar surface area (TPSA) is 139 Å². The molecule has 164 valence electrons. The Labute approximate surface area is 171 Å². The fourth-order valence-electron chi connectivity index (χ4n) is 2.65. The number of H-pyrrole nitrogens is 2. The molecule has 2 heterocycles. The first-order chi connectivity index (χ1) is 13.9. The van der Waals surface area contributed by atoms with E-state index < -0.39 is 34.2 Å². The van der Waals surface area contributed by atoms with Gasteiger partial charge in [0, 0.05) is 49.7 Å². The second-order valence-corrected chi connectivity index (χ2v) is 8.00. The van der Waals surface area contributed by atoms with Gasteiger partial charge in [0.05, 0.1) is 0 Å². The minimum Gasteiger partial charge on any atom is -0.444 e. The highest BCUT2D eigenvalue weighted by Gasteiger charge is 2.22. The lowest BCUT2D eigenvalue weighted by atomic mass is 10.2. The van der Waals surface area contributed by atoms with Gasteiger partial charge in [-0.3, -0.25) is 28.7 Å². The molecule has 0 fully saturated rings. The van der Waals surface area contributed by atoms with Crippen LogP contribution in [0.4, 0.5) is 4.79 Å². The van der Waals surface area contributed by atoms with Crippen molar-refractivity contribution >= 4 is 6.09 Å². The van der Waals surface area contributed by atoms with Crippen molar-refractivity contribution in [3.63, 3.8) is 0 Å². The average molecular weight is 421 g/mol. The first-order valence-electron chi connectivity index (χ1n) is 9.46. The monoisotopic (exact) mass is 421 g/mol. The predicted molar refractivity (Wildman–Crippen MR) is 110 cm³/mol. The van der Waals surface area contributed by atoms with Gasteiger partial charge in [0.15, 0.2) is 0 Å². The van der Waals surface area contributed by atoms with Crippen molar-refractivity contribution in [3.8, 4) is 0 Å². The summed E-state index contributed by atoms with van der Waals surface area (Å²) in [7, 11) is 0. The van der Waals surface area contributed by atoms with Crippen molar-refractivity contribution in [1.82, 2.24) is 24.0 Å². The van der Waals surface area contributed by atoms with E-state index in [-0.39, 0.29) is 26.2 Å². The number of rotatable bonds is 6. The Morgan fingerprint density at radius 1 is 0.900 bits per heavy atom. The molecule has 2 N–H and O–H groups in total. The van der Waals surface area contributed by atoms with E-state index in [0.29, 0.717) is 11.1 Å². The van der Waals surface area contributed by atoms with Crippen LogP contribution in [0.3, 0.4) is 0 Å². The summed E-state index contributed by atoms with van der Waals surface area (Å²) in [6.45, 7) is 8.80. The molecule has 2 aromatic rings. The highest BCUT2D eigenvalue weighted by Crippen LogP contribution is 2.10. The summed E-state index contributed by atoms with van der Waals surface area (Å²) >= 11 is 0. The lowest BCUT2D eigenvalue weighted by Crippen LogP contribution is -2.43. The number of hydrogen-bond donors (Lipinski definition) is 2. The Morgan fingerprint density at radius 3 is 1.67 bits per heavy atom. The van der Waals surface area contributed by atoms with Crippen LogP contribution in [0.5, 0.6) is 0 Å². The van der Waals surface area contributed by atoms with Crippen LogP contribution >= 0.6 is 0 Å². The highest BCUT2D eigenvalue weighted by molar-refractivity contribution is 5.68. The second-order valence-electron chi connectivity index (χ2n) is 8.00. The van der Waals surface area contributed by atoms with E-state index >= 15 is 0 Å². The number of amides is 1. The Balaban J connectivity index is 2.21. The molecule has 11 nitrogen and oxygen atoms in total. The normalized spacial score (nSPS) is 11.4. The fraction of sp³-hybridized carbons (Fsp3) is 0.526. The number of aryl methyl sites for hydroxylation is 2. The zero-order valence-electron chi connectivity index (χ0n) is 17.8. The lowest BCUT2D eigenvalue weighted by Gasteiger charge is -2.27. The van der Waals surface area contributed by atoms with Gasteiger partial charge in [0.2, 0.25) is 0 Å². The van der Waals surface area contributed by atoms with Gasteiger partial charge in [-0.2, -0.15) is 0 Å². The van der Waals surface area contributed by atoms with Crippen molar-refractivity contribution < 1.29 is 9.53 Å². The second kappa shape index (κ2) is 8.97. The number of carbonyl (C=O) groups excluding carboxylic acids is 1. The smallest absolute Gasteiger partial charge is 0.410 e. The molecule has 0 bridgehead atoms. The standard InChI is InChI=1S/C19H27N5O6/c1-12-10-23(16(27)20-14(12)25)8-6-22(18(29)30-19(3,4)5)7-9-24-11-13(2)15(26)21-17(24)28/h10-11H,6-9H2,1-5H3,(H,20,25,27)(H,21,26,28). The molecule has 0 radical (unpaired) electrons. The van der Waals surface area contributed by atoms with Crippen LogP contribution in [0.2, 0.25) is 0 Å². The number of aromatic nitrogens is 4. The van der Waals surface area contributed by atoms with Crippen LogP contribution in [0.1, 0.15) is 31.9 Å². The minimum atomic E-state index is -0.730. The third-order valence-corrected chi connectivity index (χ3v) is 4.25. The van der Waals surface area contributed by atoms with Gasteiger partial charge in [-0.05, 0) is 34.6 Å². The quantitative estimate of drug-likeness (QED) is 0.670. The maximum Gasteiger partial charge on any atom is 0.410 e. The summed E-state index contributed by atoms with van der Waals surface area (Å²) in [5.41, 5.74) is -2.08. The molecule has 0 atom stereocenters. The Morgan fingerprint density at radius 2 is 1.30 bits per heavy atom. The molecule has 2 aromatic heterocycles. The van der Waals surface area contributed by atoms with Gasteiger partial charge < -0.3 is 9.64 Å². The summed E-state index contributed by atoms with van der Waals surface area (Å²) in [6.07, 6.45) is 2.24. The van der Waals surface area contributed by atoms with Gasteiger partial charge in [-0.15, -0.1) is 0 Å². The van der Waals surface area contributed by atoms with E-state index in [9.17, 15) is 24.0 Å². The average Bonchev–Trinajstić information content (AvgIpc) is 2.61. The summed E-state index contributed by atoms with van der Waals surface area (Å²) in [5.74, 6) is 0. The first kappa shape index (κ1) is 22.9. The van der Waals surface area contributed by atoms with Crippen LogP contribution in [0, 0.1) is 13.8 Å².